The fraction of sp³-hybridized carbons (Fsp3) is 0.958. The number of carboxylic acids is 1. The van der Waals surface area contributed by atoms with Crippen LogP contribution in [0.2, 0.25) is 6.32 Å². The maximum Gasteiger partial charge on any atom is 0.457 e. The molecule has 6 aliphatic rings. The van der Waals surface area contributed by atoms with Crippen LogP contribution in [0, 0.1) is 29.1 Å². The van der Waals surface area contributed by atoms with E-state index in [4.69, 9.17) is 15.0 Å². The summed E-state index contributed by atoms with van der Waals surface area (Å²) in [5.41, 5.74) is 5.68. The highest BCUT2D eigenvalue weighted by atomic mass is 35.5. The van der Waals surface area contributed by atoms with E-state index in [-0.39, 0.29) is 49.6 Å². The monoisotopic (exact) mass is 504 g/mol. The lowest BCUT2D eigenvalue weighted by atomic mass is 9.43. The van der Waals surface area contributed by atoms with E-state index in [2.05, 4.69) is 25.7 Å². The van der Waals surface area contributed by atoms with Crippen molar-refractivity contribution in [1.29, 1.82) is 0 Å². The summed E-state index contributed by atoms with van der Waals surface area (Å²) in [6.07, 6.45) is 9.39. The van der Waals surface area contributed by atoms with E-state index in [1.54, 1.807) is 0 Å². The number of nitrogens with two attached hydrogens (primary N) is 1. The Bertz CT molecular complexity index is 725. The Morgan fingerprint density at radius 2 is 1.85 bits per heavy atom. The largest absolute Gasteiger partial charge is 0.480 e. The molecule has 4 saturated carbocycles. The Hall–Kier alpha value is -0.0451. The van der Waals surface area contributed by atoms with Crippen LogP contribution in [0.4, 0.5) is 0 Å². The molecule has 6 nitrogen and oxygen atoms in total. The van der Waals surface area contributed by atoms with Crippen LogP contribution in [-0.2, 0) is 14.1 Å². The van der Waals surface area contributed by atoms with Gasteiger partial charge in [-0.15, -0.1) is 24.8 Å². The summed E-state index contributed by atoms with van der Waals surface area (Å²) in [7, 11) is -0.149. The smallest absolute Gasteiger partial charge is 0.457 e. The van der Waals surface area contributed by atoms with Gasteiger partial charge >= 0.3 is 13.1 Å². The number of likely N-dealkylation sites (tertiary alicyclic amines) is 1. The molecule has 2 heterocycles. The van der Waals surface area contributed by atoms with Crippen LogP contribution in [0.3, 0.4) is 0 Å². The van der Waals surface area contributed by atoms with Gasteiger partial charge < -0.3 is 25.0 Å². The first-order chi connectivity index (χ1) is 14.6. The number of aliphatic carboxylic acids is 1. The van der Waals surface area contributed by atoms with Crippen molar-refractivity contribution in [3.63, 3.8) is 0 Å². The van der Waals surface area contributed by atoms with Gasteiger partial charge in [-0.2, -0.15) is 0 Å². The molecule has 33 heavy (non-hydrogen) atoms. The summed E-state index contributed by atoms with van der Waals surface area (Å²) in [6, 6.07) is 0. The van der Waals surface area contributed by atoms with Crippen LogP contribution >= 0.6 is 24.8 Å². The second-order valence-electron chi connectivity index (χ2n) is 12.2. The lowest BCUT2D eigenvalue weighted by molar-refractivity contribution is -0.199. The molecule has 6 rings (SSSR count). The first kappa shape index (κ1) is 27.5. The first-order valence-corrected chi connectivity index (χ1v) is 12.7. The molecule has 0 spiro atoms. The summed E-state index contributed by atoms with van der Waals surface area (Å²) < 4.78 is 12.9. The van der Waals surface area contributed by atoms with Gasteiger partial charge in [0.2, 0.25) is 0 Å². The minimum absolute atomic E-state index is 0. The van der Waals surface area contributed by atoms with Crippen molar-refractivity contribution in [2.75, 3.05) is 19.6 Å². The molecule has 2 saturated heterocycles. The van der Waals surface area contributed by atoms with Gasteiger partial charge in [-0.05, 0) is 94.4 Å². The zero-order chi connectivity index (χ0) is 22.0. The Balaban J connectivity index is 0.00000153. The minimum atomic E-state index is -1.10. The second-order valence-corrected chi connectivity index (χ2v) is 12.2. The number of hydrogen-bond acceptors (Lipinski definition) is 5. The molecule has 9 heteroatoms. The van der Waals surface area contributed by atoms with Gasteiger partial charge in [0.25, 0.3) is 0 Å². The van der Waals surface area contributed by atoms with Crippen LogP contribution in [-0.4, -0.2) is 60.0 Å². The van der Waals surface area contributed by atoms with Gasteiger partial charge in [0.15, 0.2) is 0 Å². The number of carboxylic acid groups (broad SMARTS) is 1. The Kier molecular flexibility index (Phi) is 8.16. The molecule has 2 bridgehead atoms. The van der Waals surface area contributed by atoms with E-state index in [0.29, 0.717) is 23.7 Å². The Labute approximate surface area is 212 Å². The molecule has 190 valence electrons. The third-order valence-electron chi connectivity index (χ3n) is 10.2. The summed E-state index contributed by atoms with van der Waals surface area (Å²) in [5, 5.41) is 10.0. The third-order valence-corrected chi connectivity index (χ3v) is 10.2. The second kappa shape index (κ2) is 9.78. The zero-order valence-electron chi connectivity index (χ0n) is 20.5. The molecule has 0 radical (unpaired) electrons. The van der Waals surface area contributed by atoms with Crippen LogP contribution in [0.15, 0.2) is 0 Å². The Morgan fingerprint density at radius 3 is 2.48 bits per heavy atom. The van der Waals surface area contributed by atoms with Gasteiger partial charge in [-0.3, -0.25) is 4.79 Å². The van der Waals surface area contributed by atoms with Crippen molar-refractivity contribution in [2.45, 2.75) is 95.7 Å². The molecule has 2 aliphatic heterocycles. The van der Waals surface area contributed by atoms with E-state index in [9.17, 15) is 9.90 Å². The molecule has 4 aliphatic carbocycles. The lowest BCUT2D eigenvalue weighted by Crippen LogP contribution is -2.65. The molecular weight excluding hydrogens is 462 g/mol. The number of hydrogen-bond donors (Lipinski definition) is 2. The molecule has 3 N–H and O–H groups in total. The van der Waals surface area contributed by atoms with Crippen LogP contribution in [0.5, 0.6) is 0 Å². The van der Waals surface area contributed by atoms with Crippen molar-refractivity contribution in [1.82, 2.24) is 4.90 Å². The molecule has 0 unspecified atom stereocenters. The first-order valence-electron chi connectivity index (χ1n) is 12.7. The molecule has 0 amide bonds. The van der Waals surface area contributed by atoms with E-state index in [0.717, 1.165) is 57.6 Å². The summed E-state index contributed by atoms with van der Waals surface area (Å²) in [5.74, 6) is 0.906. The summed E-state index contributed by atoms with van der Waals surface area (Å²) in [6.45, 7) is 10.0. The number of carbonyl (C=O) groups is 1. The predicted molar refractivity (Wildman–Crippen MR) is 135 cm³/mol. The van der Waals surface area contributed by atoms with E-state index < -0.39 is 11.5 Å². The van der Waals surface area contributed by atoms with E-state index in [1.165, 1.54) is 19.3 Å². The SMILES string of the molecule is CC1(C)[C@H]2C[C@@H]3OB(CC[C@@H]4CC[C@@H](CN5CCCC5)[C@@](N)(C(=O)O)C4)O[C@]3(C)[C@@H]1C2.Cl.Cl. The number of halogens is 2. The maximum atomic E-state index is 12.2. The van der Waals surface area contributed by atoms with Crippen molar-refractivity contribution in [3.05, 3.63) is 0 Å². The van der Waals surface area contributed by atoms with Crippen molar-refractivity contribution in [3.8, 4) is 0 Å². The molecule has 0 aromatic carbocycles. The highest BCUT2D eigenvalue weighted by molar-refractivity contribution is 6.45. The van der Waals surface area contributed by atoms with Gasteiger partial charge in [0.1, 0.15) is 5.54 Å². The van der Waals surface area contributed by atoms with Gasteiger partial charge in [-0.1, -0.05) is 20.3 Å². The standard InChI is InChI=1S/C24H41BN2O4.2ClH/c1-22(2)18-12-19(22)23(3)20(13-18)30-25(31-23)9-8-16-6-7-17(15-27-10-4-5-11-27)24(26,14-16)21(28)29;;/h16-20H,4-15,26H2,1-3H3,(H,28,29);2*1H/t16-,17-,18+,19+,20-,23+,24+;;/m0../s1. The molecule has 0 aromatic heterocycles. The lowest BCUT2D eigenvalue weighted by Gasteiger charge is -2.64. The van der Waals surface area contributed by atoms with Crippen molar-refractivity contribution < 1.29 is 19.2 Å². The number of nitrogens with zero attached hydrogens (tertiary/aromatic N) is 1. The fourth-order valence-electron chi connectivity index (χ4n) is 7.93. The fourth-order valence-corrected chi connectivity index (χ4v) is 7.93. The molecule has 7 atom stereocenters. The van der Waals surface area contributed by atoms with E-state index in [1.807, 2.05) is 0 Å². The van der Waals surface area contributed by atoms with Crippen molar-refractivity contribution in [2.24, 2.45) is 34.8 Å². The summed E-state index contributed by atoms with van der Waals surface area (Å²) >= 11 is 0. The normalized spacial score (nSPS) is 43.8. The van der Waals surface area contributed by atoms with Gasteiger partial charge in [-0.25, -0.2) is 0 Å². The van der Waals surface area contributed by atoms with Crippen LogP contribution in [0.25, 0.3) is 0 Å². The Morgan fingerprint density at radius 1 is 1.15 bits per heavy atom. The average Bonchev–Trinajstić information content (AvgIpc) is 3.34. The highest BCUT2D eigenvalue weighted by Crippen LogP contribution is 2.65. The predicted octanol–water partition coefficient (Wildman–Crippen LogP) is 4.24. The average molecular weight is 505 g/mol. The topological polar surface area (TPSA) is 85.0 Å². The maximum absolute atomic E-state index is 12.2. The summed E-state index contributed by atoms with van der Waals surface area (Å²) in [4.78, 5) is 14.6. The third kappa shape index (κ3) is 4.60. The van der Waals surface area contributed by atoms with Gasteiger partial charge in [0, 0.05) is 12.5 Å². The van der Waals surface area contributed by atoms with Crippen molar-refractivity contribution >= 4 is 37.9 Å². The quantitative estimate of drug-likeness (QED) is 0.526. The highest BCUT2D eigenvalue weighted by Gasteiger charge is 2.67. The molecular formula is C24H43BCl2N2O4. The van der Waals surface area contributed by atoms with Crippen LogP contribution < -0.4 is 5.73 Å². The van der Waals surface area contributed by atoms with Crippen LogP contribution in [0.1, 0.15) is 72.1 Å². The van der Waals surface area contributed by atoms with Gasteiger partial charge in [0.05, 0.1) is 11.7 Å². The number of rotatable bonds is 6. The van der Waals surface area contributed by atoms with E-state index >= 15 is 0 Å². The minimum Gasteiger partial charge on any atom is -0.480 e. The molecule has 6 fully saturated rings. The molecule has 0 aromatic rings. The zero-order valence-corrected chi connectivity index (χ0v) is 22.1.